The van der Waals surface area contributed by atoms with Crippen molar-refractivity contribution in [2.75, 3.05) is 0 Å². The van der Waals surface area contributed by atoms with Crippen LogP contribution in [0.2, 0.25) is 0 Å². The van der Waals surface area contributed by atoms with Gasteiger partial charge in [-0.15, -0.1) is 10.2 Å². The zero-order valence-corrected chi connectivity index (χ0v) is 13.6. The lowest BCUT2D eigenvalue weighted by molar-refractivity contribution is 0.299. The Balaban J connectivity index is 1.98. The topological polar surface area (TPSA) is 38.9 Å². The molecule has 2 aromatic rings. The largest absolute Gasteiger partial charge is 0.424 e. The van der Waals surface area contributed by atoms with E-state index in [1.54, 1.807) is 0 Å². The van der Waals surface area contributed by atoms with E-state index in [4.69, 9.17) is 4.42 Å². The molecule has 0 saturated heterocycles. The van der Waals surface area contributed by atoms with Crippen LogP contribution in [0.4, 0.5) is 0 Å². The van der Waals surface area contributed by atoms with E-state index in [1.165, 1.54) is 18.4 Å². The molecule has 3 rings (SSSR count). The summed E-state index contributed by atoms with van der Waals surface area (Å²) in [5, 5.41) is 8.54. The van der Waals surface area contributed by atoms with Crippen molar-refractivity contribution >= 4 is 15.9 Å². The number of aromatic nitrogens is 2. The Morgan fingerprint density at radius 3 is 2.35 bits per heavy atom. The van der Waals surface area contributed by atoms with E-state index in [1.807, 2.05) is 0 Å². The summed E-state index contributed by atoms with van der Waals surface area (Å²) in [4.78, 5) is 0. The third-order valence-electron chi connectivity index (χ3n) is 3.70. The molecule has 1 atom stereocenters. The van der Waals surface area contributed by atoms with Crippen molar-refractivity contribution in [3.8, 4) is 0 Å². The molecule has 0 bridgehead atoms. The zero-order chi connectivity index (χ0) is 14.3. The molecule has 1 unspecified atom stereocenters. The summed E-state index contributed by atoms with van der Waals surface area (Å²) in [6.45, 7) is 6.63. The van der Waals surface area contributed by atoms with E-state index in [2.05, 4.69) is 71.2 Å². The summed E-state index contributed by atoms with van der Waals surface area (Å²) in [5.74, 6) is 2.17. The van der Waals surface area contributed by atoms with Gasteiger partial charge in [0.15, 0.2) is 0 Å². The number of benzene rings is 1. The summed E-state index contributed by atoms with van der Waals surface area (Å²) < 4.78 is 7.03. The first-order chi connectivity index (χ1) is 9.45. The maximum absolute atomic E-state index is 5.95. The van der Waals surface area contributed by atoms with Crippen molar-refractivity contribution in [3.63, 3.8) is 0 Å². The molecule has 20 heavy (non-hydrogen) atoms. The summed E-state index contributed by atoms with van der Waals surface area (Å²) >= 11 is 3.48. The van der Waals surface area contributed by atoms with Gasteiger partial charge in [-0.2, -0.15) is 0 Å². The van der Waals surface area contributed by atoms with Crippen LogP contribution < -0.4 is 0 Å². The fraction of sp³-hybridized carbons (Fsp3) is 0.500. The van der Waals surface area contributed by atoms with Crippen molar-refractivity contribution in [1.29, 1.82) is 0 Å². The lowest BCUT2D eigenvalue weighted by Gasteiger charge is -2.28. The van der Waals surface area contributed by atoms with Crippen molar-refractivity contribution < 1.29 is 4.42 Å². The summed E-state index contributed by atoms with van der Waals surface area (Å²) in [7, 11) is 0. The maximum Gasteiger partial charge on any atom is 0.224 e. The van der Waals surface area contributed by atoms with E-state index in [-0.39, 0.29) is 11.3 Å². The summed E-state index contributed by atoms with van der Waals surface area (Å²) in [6.07, 6.45) is 2.36. The Bertz CT molecular complexity index is 594. The second kappa shape index (κ2) is 4.99. The van der Waals surface area contributed by atoms with Gasteiger partial charge in [0.1, 0.15) is 0 Å². The van der Waals surface area contributed by atoms with Crippen LogP contribution in [0.15, 0.2) is 33.2 Å². The fourth-order valence-corrected chi connectivity index (χ4v) is 2.79. The highest BCUT2D eigenvalue weighted by Gasteiger charge is 2.35. The van der Waals surface area contributed by atoms with Gasteiger partial charge in [0, 0.05) is 10.4 Å². The molecule has 1 saturated carbocycles. The molecule has 106 valence electrons. The second-order valence-electron chi connectivity index (χ2n) is 6.60. The first kappa shape index (κ1) is 13.8. The molecule has 0 N–H and O–H groups in total. The van der Waals surface area contributed by atoms with Gasteiger partial charge < -0.3 is 4.42 Å². The lowest BCUT2D eigenvalue weighted by Crippen LogP contribution is -2.20. The second-order valence-corrected chi connectivity index (χ2v) is 7.52. The molecule has 0 spiro atoms. The van der Waals surface area contributed by atoms with Crippen LogP contribution in [0.25, 0.3) is 0 Å². The molecular formula is C16H19BrN2O. The minimum atomic E-state index is 0.0290. The monoisotopic (exact) mass is 334 g/mol. The third-order valence-corrected chi connectivity index (χ3v) is 4.23. The van der Waals surface area contributed by atoms with Crippen LogP contribution in [0, 0.1) is 5.41 Å². The SMILES string of the molecule is CC(C)(C)C(c1ccc(Br)cc1)c1nnc(C2CC2)o1. The van der Waals surface area contributed by atoms with Crippen LogP contribution >= 0.6 is 15.9 Å². The van der Waals surface area contributed by atoms with Crippen molar-refractivity contribution in [1.82, 2.24) is 10.2 Å². The molecule has 1 aromatic heterocycles. The van der Waals surface area contributed by atoms with Crippen molar-refractivity contribution in [3.05, 3.63) is 46.1 Å². The Kier molecular flexibility index (Phi) is 3.44. The molecular weight excluding hydrogens is 316 g/mol. The molecule has 3 nitrogen and oxygen atoms in total. The highest BCUT2D eigenvalue weighted by atomic mass is 79.9. The van der Waals surface area contributed by atoms with Crippen LogP contribution in [0.3, 0.4) is 0 Å². The molecule has 4 heteroatoms. The number of rotatable bonds is 3. The normalized spacial score (nSPS) is 17.2. The van der Waals surface area contributed by atoms with Crippen LogP contribution in [-0.4, -0.2) is 10.2 Å². The van der Waals surface area contributed by atoms with Gasteiger partial charge in [-0.3, -0.25) is 0 Å². The molecule has 1 fully saturated rings. The van der Waals surface area contributed by atoms with E-state index < -0.39 is 0 Å². The van der Waals surface area contributed by atoms with E-state index in [0.717, 1.165) is 16.3 Å². The highest BCUT2D eigenvalue weighted by Crippen LogP contribution is 2.43. The first-order valence-electron chi connectivity index (χ1n) is 7.04. The number of hydrogen-bond acceptors (Lipinski definition) is 3. The maximum atomic E-state index is 5.95. The van der Waals surface area contributed by atoms with Crippen molar-refractivity contribution in [2.24, 2.45) is 5.41 Å². The Morgan fingerprint density at radius 1 is 1.15 bits per heavy atom. The first-order valence-corrected chi connectivity index (χ1v) is 7.83. The average Bonchev–Trinajstić information content (AvgIpc) is 3.11. The standard InChI is InChI=1S/C16H19BrN2O/c1-16(2,3)13(10-6-8-12(17)9-7-10)15-19-18-14(20-15)11-4-5-11/h6-9,11,13H,4-5H2,1-3H3. The Hall–Kier alpha value is -1.16. The fourth-order valence-electron chi connectivity index (χ4n) is 2.53. The van der Waals surface area contributed by atoms with Gasteiger partial charge in [0.2, 0.25) is 11.8 Å². The molecule has 0 radical (unpaired) electrons. The molecule has 1 aromatic carbocycles. The zero-order valence-electron chi connectivity index (χ0n) is 12.1. The molecule has 0 amide bonds. The van der Waals surface area contributed by atoms with Gasteiger partial charge in [-0.25, -0.2) is 0 Å². The quantitative estimate of drug-likeness (QED) is 0.802. The van der Waals surface area contributed by atoms with Crippen LogP contribution in [0.1, 0.15) is 62.8 Å². The summed E-state index contributed by atoms with van der Waals surface area (Å²) in [5.41, 5.74) is 1.24. The highest BCUT2D eigenvalue weighted by molar-refractivity contribution is 9.10. The minimum Gasteiger partial charge on any atom is -0.424 e. The number of hydrogen-bond donors (Lipinski definition) is 0. The average molecular weight is 335 g/mol. The van der Waals surface area contributed by atoms with E-state index in [0.29, 0.717) is 5.92 Å². The summed E-state index contributed by atoms with van der Waals surface area (Å²) in [6, 6.07) is 8.38. The number of nitrogens with zero attached hydrogens (tertiary/aromatic N) is 2. The van der Waals surface area contributed by atoms with Gasteiger partial charge in [-0.05, 0) is 36.0 Å². The number of halogens is 1. The lowest BCUT2D eigenvalue weighted by atomic mass is 9.76. The van der Waals surface area contributed by atoms with Gasteiger partial charge in [-0.1, -0.05) is 48.8 Å². The van der Waals surface area contributed by atoms with Gasteiger partial charge in [0.25, 0.3) is 0 Å². The van der Waals surface area contributed by atoms with Gasteiger partial charge in [0.05, 0.1) is 5.92 Å². The molecule has 1 aliphatic carbocycles. The molecule has 1 aliphatic rings. The van der Waals surface area contributed by atoms with E-state index >= 15 is 0 Å². The molecule has 1 heterocycles. The predicted molar refractivity (Wildman–Crippen MR) is 81.7 cm³/mol. The third kappa shape index (κ3) is 2.80. The van der Waals surface area contributed by atoms with E-state index in [9.17, 15) is 0 Å². The van der Waals surface area contributed by atoms with Gasteiger partial charge >= 0.3 is 0 Å². The van der Waals surface area contributed by atoms with Crippen molar-refractivity contribution in [2.45, 2.75) is 45.4 Å². The smallest absolute Gasteiger partial charge is 0.224 e. The Morgan fingerprint density at radius 2 is 1.80 bits per heavy atom. The van der Waals surface area contributed by atoms with Crippen LogP contribution in [-0.2, 0) is 0 Å². The minimum absolute atomic E-state index is 0.0290. The predicted octanol–water partition coefficient (Wildman–Crippen LogP) is 4.89. The Labute approximate surface area is 127 Å². The van der Waals surface area contributed by atoms with Crippen LogP contribution in [0.5, 0.6) is 0 Å². The molecule has 0 aliphatic heterocycles.